The van der Waals surface area contributed by atoms with E-state index < -0.39 is 0 Å². The van der Waals surface area contributed by atoms with Crippen molar-refractivity contribution in [2.24, 2.45) is 5.73 Å². The summed E-state index contributed by atoms with van der Waals surface area (Å²) in [5, 5.41) is 6.25. The molecule has 110 valence electrons. The molecule has 0 radical (unpaired) electrons. The molecule has 2 rings (SSSR count). The molecule has 0 atom stereocenters. The number of nitrogens with one attached hydrogen (secondary N) is 2. The van der Waals surface area contributed by atoms with Crippen molar-refractivity contribution in [3.8, 4) is 0 Å². The van der Waals surface area contributed by atoms with E-state index in [0.717, 1.165) is 0 Å². The highest BCUT2D eigenvalue weighted by Gasteiger charge is 2.09. The normalized spacial score (nSPS) is 10.2. The van der Waals surface area contributed by atoms with E-state index >= 15 is 0 Å². The van der Waals surface area contributed by atoms with Crippen LogP contribution in [-0.4, -0.2) is 24.0 Å². The SMILES string of the molecule is NCCNc1ccc(C(=O)Nc2ccc(Cl)cc2N)cn1. The minimum atomic E-state index is -0.290. The van der Waals surface area contributed by atoms with Crippen LogP contribution < -0.4 is 22.1 Å². The molecule has 1 aromatic heterocycles. The number of hydrogen-bond donors (Lipinski definition) is 4. The number of carbonyl (C=O) groups is 1. The second-order valence-electron chi connectivity index (χ2n) is 4.33. The minimum absolute atomic E-state index is 0.290. The van der Waals surface area contributed by atoms with Crippen LogP contribution in [0.5, 0.6) is 0 Å². The van der Waals surface area contributed by atoms with Crippen LogP contribution in [0.15, 0.2) is 36.5 Å². The van der Waals surface area contributed by atoms with E-state index in [1.807, 2.05) is 0 Å². The van der Waals surface area contributed by atoms with E-state index in [9.17, 15) is 4.79 Å². The monoisotopic (exact) mass is 305 g/mol. The van der Waals surface area contributed by atoms with E-state index in [0.29, 0.717) is 40.9 Å². The van der Waals surface area contributed by atoms with Gasteiger partial charge in [0.1, 0.15) is 5.82 Å². The number of pyridine rings is 1. The number of halogens is 1. The first kappa shape index (κ1) is 15.1. The molecule has 0 spiro atoms. The Kier molecular flexibility index (Phi) is 4.97. The van der Waals surface area contributed by atoms with E-state index in [2.05, 4.69) is 15.6 Å². The van der Waals surface area contributed by atoms with Crippen molar-refractivity contribution in [1.29, 1.82) is 0 Å². The van der Waals surface area contributed by atoms with Crippen LogP contribution >= 0.6 is 11.6 Å². The van der Waals surface area contributed by atoms with Gasteiger partial charge in [0.2, 0.25) is 0 Å². The molecule has 0 fully saturated rings. The van der Waals surface area contributed by atoms with Crippen LogP contribution in [0.25, 0.3) is 0 Å². The van der Waals surface area contributed by atoms with Crippen molar-refractivity contribution in [1.82, 2.24) is 4.98 Å². The first-order chi connectivity index (χ1) is 10.1. The highest BCUT2D eigenvalue weighted by Crippen LogP contribution is 2.23. The molecule has 1 heterocycles. The molecule has 0 bridgehead atoms. The fourth-order valence-electron chi connectivity index (χ4n) is 1.67. The number of carbonyl (C=O) groups excluding carboxylic acids is 1. The van der Waals surface area contributed by atoms with Gasteiger partial charge in [0, 0.05) is 24.3 Å². The molecule has 0 saturated heterocycles. The average Bonchev–Trinajstić information content (AvgIpc) is 2.48. The Labute approximate surface area is 127 Å². The fraction of sp³-hybridized carbons (Fsp3) is 0.143. The Morgan fingerprint density at radius 1 is 1.29 bits per heavy atom. The molecular formula is C14H16ClN5O. The number of nitrogen functional groups attached to an aromatic ring is 1. The van der Waals surface area contributed by atoms with Crippen LogP contribution in [0.1, 0.15) is 10.4 Å². The molecule has 2 aromatic rings. The standard InChI is InChI=1S/C14H16ClN5O/c15-10-2-3-12(11(17)7-10)20-14(21)9-1-4-13(19-8-9)18-6-5-16/h1-4,7-8H,5-6,16-17H2,(H,18,19)(H,20,21). The summed E-state index contributed by atoms with van der Waals surface area (Å²) in [5.74, 6) is 0.380. The predicted octanol–water partition coefficient (Wildman–Crippen LogP) is 1.94. The maximum absolute atomic E-state index is 12.1. The third-order valence-electron chi connectivity index (χ3n) is 2.74. The molecule has 21 heavy (non-hydrogen) atoms. The average molecular weight is 306 g/mol. The lowest BCUT2D eigenvalue weighted by molar-refractivity contribution is 0.102. The third-order valence-corrected chi connectivity index (χ3v) is 2.97. The molecule has 0 aliphatic rings. The van der Waals surface area contributed by atoms with Crippen molar-refractivity contribution >= 4 is 34.7 Å². The summed E-state index contributed by atoms with van der Waals surface area (Å²) in [6.45, 7) is 1.14. The number of hydrogen-bond acceptors (Lipinski definition) is 5. The predicted molar refractivity (Wildman–Crippen MR) is 85.6 cm³/mol. The molecule has 1 aromatic carbocycles. The summed E-state index contributed by atoms with van der Waals surface area (Å²) in [6, 6.07) is 8.28. The van der Waals surface area contributed by atoms with Crippen molar-refractivity contribution < 1.29 is 4.79 Å². The number of anilines is 3. The van der Waals surface area contributed by atoms with Gasteiger partial charge < -0.3 is 22.1 Å². The highest BCUT2D eigenvalue weighted by molar-refractivity contribution is 6.31. The summed E-state index contributed by atoms with van der Waals surface area (Å²) < 4.78 is 0. The zero-order chi connectivity index (χ0) is 15.2. The highest BCUT2D eigenvalue weighted by atomic mass is 35.5. The summed E-state index contributed by atoms with van der Waals surface area (Å²) in [6.07, 6.45) is 1.49. The molecule has 6 nitrogen and oxygen atoms in total. The smallest absolute Gasteiger partial charge is 0.257 e. The lowest BCUT2D eigenvalue weighted by Crippen LogP contribution is -2.15. The molecular weight excluding hydrogens is 290 g/mol. The summed E-state index contributed by atoms with van der Waals surface area (Å²) in [4.78, 5) is 16.2. The van der Waals surface area contributed by atoms with Gasteiger partial charge in [-0.2, -0.15) is 0 Å². The van der Waals surface area contributed by atoms with Gasteiger partial charge in [0.05, 0.1) is 16.9 Å². The topological polar surface area (TPSA) is 106 Å². The largest absolute Gasteiger partial charge is 0.397 e. The molecule has 0 aliphatic heterocycles. The minimum Gasteiger partial charge on any atom is -0.397 e. The van der Waals surface area contributed by atoms with Gasteiger partial charge >= 0.3 is 0 Å². The Morgan fingerprint density at radius 2 is 2.10 bits per heavy atom. The first-order valence-electron chi connectivity index (χ1n) is 6.36. The second-order valence-corrected chi connectivity index (χ2v) is 4.77. The molecule has 0 unspecified atom stereocenters. The lowest BCUT2D eigenvalue weighted by atomic mass is 10.2. The lowest BCUT2D eigenvalue weighted by Gasteiger charge is -2.09. The van der Waals surface area contributed by atoms with Crippen molar-refractivity contribution in [3.05, 3.63) is 47.1 Å². The van der Waals surface area contributed by atoms with Crippen molar-refractivity contribution in [3.63, 3.8) is 0 Å². The van der Waals surface area contributed by atoms with Crippen molar-refractivity contribution in [2.75, 3.05) is 29.5 Å². The fourth-order valence-corrected chi connectivity index (χ4v) is 1.86. The van der Waals surface area contributed by atoms with Crippen LogP contribution in [0.4, 0.5) is 17.2 Å². The van der Waals surface area contributed by atoms with E-state index in [-0.39, 0.29) is 5.91 Å². The Morgan fingerprint density at radius 3 is 2.71 bits per heavy atom. The Bertz CT molecular complexity index is 630. The molecule has 0 saturated carbocycles. The summed E-state index contributed by atoms with van der Waals surface area (Å²) in [5.41, 5.74) is 12.5. The van der Waals surface area contributed by atoms with Gasteiger partial charge in [-0.05, 0) is 30.3 Å². The first-order valence-corrected chi connectivity index (χ1v) is 6.74. The van der Waals surface area contributed by atoms with Gasteiger partial charge in [0.25, 0.3) is 5.91 Å². The van der Waals surface area contributed by atoms with Crippen LogP contribution in [0, 0.1) is 0 Å². The molecule has 1 amide bonds. The Hall–Kier alpha value is -2.31. The number of nitrogens with zero attached hydrogens (tertiary/aromatic N) is 1. The summed E-state index contributed by atoms with van der Waals surface area (Å²) >= 11 is 5.81. The van der Waals surface area contributed by atoms with Gasteiger partial charge in [-0.25, -0.2) is 4.98 Å². The zero-order valence-electron chi connectivity index (χ0n) is 11.3. The number of benzene rings is 1. The second kappa shape index (κ2) is 6.92. The Balaban J connectivity index is 2.06. The zero-order valence-corrected chi connectivity index (χ0v) is 12.0. The third kappa shape index (κ3) is 4.08. The molecule has 7 heteroatoms. The molecule has 0 aliphatic carbocycles. The molecule has 6 N–H and O–H groups in total. The summed E-state index contributed by atoms with van der Waals surface area (Å²) in [7, 11) is 0. The maximum Gasteiger partial charge on any atom is 0.257 e. The number of rotatable bonds is 5. The van der Waals surface area contributed by atoms with Crippen LogP contribution in [0.2, 0.25) is 5.02 Å². The number of aromatic nitrogens is 1. The number of nitrogens with two attached hydrogens (primary N) is 2. The van der Waals surface area contributed by atoms with Gasteiger partial charge in [0.15, 0.2) is 0 Å². The van der Waals surface area contributed by atoms with Crippen LogP contribution in [-0.2, 0) is 0 Å². The van der Waals surface area contributed by atoms with E-state index in [1.54, 1.807) is 30.3 Å². The maximum atomic E-state index is 12.1. The quantitative estimate of drug-likeness (QED) is 0.632. The number of amides is 1. The van der Waals surface area contributed by atoms with E-state index in [1.165, 1.54) is 6.20 Å². The van der Waals surface area contributed by atoms with E-state index in [4.69, 9.17) is 23.1 Å². The van der Waals surface area contributed by atoms with Crippen LogP contribution in [0.3, 0.4) is 0 Å². The van der Waals surface area contributed by atoms with Crippen molar-refractivity contribution in [2.45, 2.75) is 0 Å². The van der Waals surface area contributed by atoms with Gasteiger partial charge in [-0.15, -0.1) is 0 Å². The van der Waals surface area contributed by atoms with Gasteiger partial charge in [-0.3, -0.25) is 4.79 Å². The van der Waals surface area contributed by atoms with Gasteiger partial charge in [-0.1, -0.05) is 11.6 Å².